The minimum Gasteiger partial charge on any atom is -0.453 e. The van der Waals surface area contributed by atoms with Gasteiger partial charge < -0.3 is 14.4 Å². The molecule has 1 aliphatic heterocycles. The standard InChI is InChI=1S/C35H61F2N2O8P/c1-4-6-8-10-12-14-16-18-20-22-24-31(40)47-32-30(46-33(35(32,36)37)39-26-25-29(3)38-34(39)41)28-45-48(42,43)44-27-23-21-19-17-15-13-11-9-7-5-2/h25-26,30,32-33H,4-24,27-28H2,1-3H3,(H,42,43)/t30-,32-,33-/m1/s1. The van der Waals surface area contributed by atoms with Crippen LogP contribution in [0, 0.1) is 6.92 Å². The van der Waals surface area contributed by atoms with Crippen LogP contribution in [0.5, 0.6) is 0 Å². The summed E-state index contributed by atoms with van der Waals surface area (Å²) in [6.07, 6.45) is 16.4. The van der Waals surface area contributed by atoms with Crippen molar-refractivity contribution in [3.8, 4) is 0 Å². The topological polar surface area (TPSA) is 126 Å². The zero-order valence-corrected chi connectivity index (χ0v) is 30.4. The summed E-state index contributed by atoms with van der Waals surface area (Å²) in [5.41, 5.74) is -0.637. The summed E-state index contributed by atoms with van der Waals surface area (Å²) in [7, 11) is -4.62. The molecule has 0 aliphatic carbocycles. The maximum absolute atomic E-state index is 15.8. The lowest BCUT2D eigenvalue weighted by Gasteiger charge is -2.24. The summed E-state index contributed by atoms with van der Waals surface area (Å²) in [5, 5.41) is 0. The number of phosphoric acid groups is 1. The predicted molar refractivity (Wildman–Crippen MR) is 182 cm³/mol. The number of hydrogen-bond acceptors (Lipinski definition) is 8. The molecular weight excluding hydrogens is 645 g/mol. The lowest BCUT2D eigenvalue weighted by Crippen LogP contribution is -2.44. The number of nitrogens with zero attached hydrogens (tertiary/aromatic N) is 2. The maximum atomic E-state index is 15.8. The third-order valence-corrected chi connectivity index (χ3v) is 9.70. The Balaban J connectivity index is 1.87. The first-order valence-corrected chi connectivity index (χ1v) is 19.9. The van der Waals surface area contributed by atoms with Crippen molar-refractivity contribution in [2.45, 2.75) is 180 Å². The van der Waals surface area contributed by atoms with E-state index in [2.05, 4.69) is 18.8 Å². The van der Waals surface area contributed by atoms with Crippen LogP contribution in [-0.4, -0.2) is 51.8 Å². The maximum Gasteiger partial charge on any atom is 0.472 e. The molecule has 4 atom stereocenters. The second kappa shape index (κ2) is 23.6. The zero-order chi connectivity index (χ0) is 35.3. The molecule has 0 saturated carbocycles. The number of unbranched alkanes of at least 4 members (excludes halogenated alkanes) is 18. The van der Waals surface area contributed by atoms with Gasteiger partial charge in [0.25, 0.3) is 0 Å². The van der Waals surface area contributed by atoms with E-state index in [4.69, 9.17) is 18.5 Å². The fraction of sp³-hybridized carbons (Fsp3) is 0.857. The van der Waals surface area contributed by atoms with Gasteiger partial charge in [-0.3, -0.25) is 18.4 Å². The molecular formula is C35H61F2N2O8P. The largest absolute Gasteiger partial charge is 0.472 e. The van der Waals surface area contributed by atoms with E-state index in [9.17, 15) is 19.0 Å². The van der Waals surface area contributed by atoms with Gasteiger partial charge in [0.1, 0.15) is 6.10 Å². The van der Waals surface area contributed by atoms with E-state index >= 15 is 8.78 Å². The molecule has 13 heteroatoms. The first-order valence-electron chi connectivity index (χ1n) is 18.4. The van der Waals surface area contributed by atoms with E-state index in [1.807, 2.05) is 0 Å². The summed E-state index contributed by atoms with van der Waals surface area (Å²) in [6.45, 7) is 5.07. The first kappa shape index (κ1) is 42.4. The summed E-state index contributed by atoms with van der Waals surface area (Å²) in [4.78, 5) is 39.1. The quantitative estimate of drug-likeness (QED) is 0.0515. The smallest absolute Gasteiger partial charge is 0.453 e. The van der Waals surface area contributed by atoms with Crippen molar-refractivity contribution in [1.82, 2.24) is 9.55 Å². The third kappa shape index (κ3) is 16.3. The molecule has 1 fully saturated rings. The number of carbonyl (C=O) groups excluding carboxylic acids is 1. The highest BCUT2D eigenvalue weighted by molar-refractivity contribution is 7.47. The van der Waals surface area contributed by atoms with Gasteiger partial charge in [-0.25, -0.2) is 9.36 Å². The molecule has 278 valence electrons. The van der Waals surface area contributed by atoms with Crippen LogP contribution < -0.4 is 5.69 Å². The van der Waals surface area contributed by atoms with Gasteiger partial charge >= 0.3 is 25.4 Å². The van der Waals surface area contributed by atoms with Crippen molar-refractivity contribution >= 4 is 13.8 Å². The van der Waals surface area contributed by atoms with Crippen molar-refractivity contribution in [3.05, 3.63) is 28.4 Å². The van der Waals surface area contributed by atoms with Gasteiger partial charge in [-0.05, 0) is 25.8 Å². The Kier molecular flexibility index (Phi) is 20.9. The van der Waals surface area contributed by atoms with Crippen LogP contribution in [0.15, 0.2) is 17.1 Å². The van der Waals surface area contributed by atoms with E-state index in [1.54, 1.807) is 6.92 Å². The van der Waals surface area contributed by atoms with E-state index < -0.39 is 50.4 Å². The van der Waals surface area contributed by atoms with Gasteiger partial charge in [0.05, 0.1) is 13.2 Å². The summed E-state index contributed by atoms with van der Waals surface area (Å²) in [5.74, 6) is -4.70. The molecule has 10 nitrogen and oxygen atoms in total. The van der Waals surface area contributed by atoms with Crippen molar-refractivity contribution < 1.29 is 41.6 Å². The van der Waals surface area contributed by atoms with Crippen LogP contribution in [0.3, 0.4) is 0 Å². The van der Waals surface area contributed by atoms with Crippen molar-refractivity contribution in [2.75, 3.05) is 13.2 Å². The average molecular weight is 707 g/mol. The van der Waals surface area contributed by atoms with Crippen LogP contribution in [0.1, 0.15) is 161 Å². The number of esters is 1. The molecule has 1 aliphatic rings. The number of halogens is 2. The Morgan fingerprint density at radius 3 is 1.90 bits per heavy atom. The normalized spacial score (nSPS) is 20.2. The van der Waals surface area contributed by atoms with Gasteiger partial charge in [0.2, 0.25) is 6.23 Å². The minimum absolute atomic E-state index is 0.0315. The average Bonchev–Trinajstić information content (AvgIpc) is 3.28. The van der Waals surface area contributed by atoms with Crippen molar-refractivity contribution in [3.63, 3.8) is 0 Å². The number of aromatic nitrogens is 2. The highest BCUT2D eigenvalue weighted by Gasteiger charge is 2.62. The minimum atomic E-state index is -4.62. The molecule has 1 aromatic heterocycles. The van der Waals surface area contributed by atoms with Crippen molar-refractivity contribution in [1.29, 1.82) is 0 Å². The first-order chi connectivity index (χ1) is 23.0. The molecule has 1 unspecified atom stereocenters. The molecule has 0 radical (unpaired) electrons. The van der Waals surface area contributed by atoms with Crippen LogP contribution in [-0.2, 0) is 27.9 Å². The van der Waals surface area contributed by atoms with E-state index in [-0.39, 0.29) is 13.0 Å². The van der Waals surface area contributed by atoms with Gasteiger partial charge in [0, 0.05) is 18.3 Å². The van der Waals surface area contributed by atoms with Gasteiger partial charge in [-0.1, -0.05) is 129 Å². The fourth-order valence-corrected chi connectivity index (χ4v) is 6.63. The lowest BCUT2D eigenvalue weighted by molar-refractivity contribution is -0.176. The van der Waals surface area contributed by atoms with Crippen LogP contribution >= 0.6 is 7.82 Å². The Bertz CT molecular complexity index is 1140. The summed E-state index contributed by atoms with van der Waals surface area (Å²) < 4.78 is 65.5. The Morgan fingerprint density at radius 1 is 0.875 bits per heavy atom. The fourth-order valence-electron chi connectivity index (χ4n) is 5.86. The highest BCUT2D eigenvalue weighted by Crippen LogP contribution is 2.48. The molecule has 0 spiro atoms. The SMILES string of the molecule is CCCCCCCCCCCCOP(=O)(O)OC[C@H]1O[C@@H](n2ccc(C)nc2=O)C(F)(F)[C@@H]1OC(=O)CCCCCCCCCCCC. The van der Waals surface area contributed by atoms with Gasteiger partial charge in [-0.15, -0.1) is 0 Å². The van der Waals surface area contributed by atoms with Crippen LogP contribution in [0.4, 0.5) is 8.78 Å². The molecule has 48 heavy (non-hydrogen) atoms. The number of phosphoric ester groups is 1. The van der Waals surface area contributed by atoms with Crippen LogP contribution in [0.2, 0.25) is 0 Å². The molecule has 2 rings (SSSR count). The number of alkyl halides is 2. The molecule has 1 aromatic rings. The lowest BCUT2D eigenvalue weighted by atomic mass is 10.1. The van der Waals surface area contributed by atoms with Gasteiger partial charge in [0.15, 0.2) is 6.10 Å². The zero-order valence-electron chi connectivity index (χ0n) is 29.6. The van der Waals surface area contributed by atoms with E-state index in [0.29, 0.717) is 23.1 Å². The van der Waals surface area contributed by atoms with Crippen molar-refractivity contribution in [2.24, 2.45) is 0 Å². The van der Waals surface area contributed by atoms with E-state index in [0.717, 1.165) is 57.6 Å². The number of hydrogen-bond donors (Lipinski definition) is 1. The number of rotatable bonds is 28. The number of aryl methyl sites for hydroxylation is 1. The molecule has 2 heterocycles. The molecule has 0 amide bonds. The van der Waals surface area contributed by atoms with Crippen LogP contribution in [0.25, 0.3) is 0 Å². The predicted octanol–water partition coefficient (Wildman–Crippen LogP) is 9.36. The Labute approximate surface area is 286 Å². The molecule has 1 saturated heterocycles. The molecule has 1 N–H and O–H groups in total. The second-order valence-corrected chi connectivity index (χ2v) is 14.5. The molecule has 0 bridgehead atoms. The monoisotopic (exact) mass is 706 g/mol. The summed E-state index contributed by atoms with van der Waals surface area (Å²) in [6, 6.07) is 1.38. The van der Waals surface area contributed by atoms with Gasteiger partial charge in [-0.2, -0.15) is 13.8 Å². The number of ether oxygens (including phenoxy) is 2. The number of carbonyl (C=O) groups is 1. The van der Waals surface area contributed by atoms with E-state index in [1.165, 1.54) is 70.3 Å². The highest BCUT2D eigenvalue weighted by atomic mass is 31.2. The third-order valence-electron chi connectivity index (χ3n) is 8.72. The second-order valence-electron chi connectivity index (χ2n) is 13.1. The Hall–Kier alpha value is -1.72. The summed E-state index contributed by atoms with van der Waals surface area (Å²) >= 11 is 0. The Morgan fingerprint density at radius 2 is 1.38 bits per heavy atom. The molecule has 0 aromatic carbocycles.